The van der Waals surface area contributed by atoms with Gasteiger partial charge in [0.25, 0.3) is 0 Å². The molecule has 0 saturated carbocycles. The fourth-order valence-electron chi connectivity index (χ4n) is 1.54. The van der Waals surface area contributed by atoms with Crippen LogP contribution in [0.25, 0.3) is 0 Å². The number of hydrogen-bond acceptors (Lipinski definition) is 2. The fourth-order valence-corrected chi connectivity index (χ4v) is 1.54. The van der Waals surface area contributed by atoms with Crippen LogP contribution in [0.5, 0.6) is 0 Å². The molecule has 0 aliphatic carbocycles. The summed E-state index contributed by atoms with van der Waals surface area (Å²) in [5, 5.41) is 18.1. The molecule has 1 atom stereocenters. The van der Waals surface area contributed by atoms with Gasteiger partial charge in [-0.3, -0.25) is 0 Å². The van der Waals surface area contributed by atoms with Crippen LogP contribution in [-0.4, -0.2) is 22.3 Å². The van der Waals surface area contributed by atoms with Crippen LogP contribution in [0.3, 0.4) is 0 Å². The van der Waals surface area contributed by atoms with Gasteiger partial charge >= 0.3 is 5.97 Å². The predicted octanol–water partition coefficient (Wildman–Crippen LogP) is 3.46. The lowest BCUT2D eigenvalue weighted by Gasteiger charge is -2.09. The smallest absolute Gasteiger partial charge is 0.328 e. The molecule has 0 radical (unpaired) electrons. The van der Waals surface area contributed by atoms with Crippen molar-refractivity contribution in [2.24, 2.45) is 0 Å². The van der Waals surface area contributed by atoms with Crippen LogP contribution in [0.1, 0.15) is 46.5 Å². The molecule has 0 aromatic carbocycles. The summed E-state index contributed by atoms with van der Waals surface area (Å²) in [5.74, 6) is -0.891. The minimum Gasteiger partial charge on any atom is -0.478 e. The molecule has 0 aromatic heterocycles. The monoisotopic (exact) mass is 252 g/mol. The lowest BCUT2D eigenvalue weighted by atomic mass is 10.0. The average Bonchev–Trinajstić information content (AvgIpc) is 2.24. The van der Waals surface area contributed by atoms with E-state index in [1.165, 1.54) is 11.6 Å². The Morgan fingerprint density at radius 2 is 1.83 bits per heavy atom. The number of carbonyl (C=O) groups is 1. The van der Waals surface area contributed by atoms with Gasteiger partial charge < -0.3 is 10.2 Å². The van der Waals surface area contributed by atoms with Crippen molar-refractivity contribution in [3.8, 4) is 0 Å². The van der Waals surface area contributed by atoms with Gasteiger partial charge in [-0.2, -0.15) is 0 Å². The minimum atomic E-state index is -0.891. The molecule has 2 N–H and O–H groups in total. The second kappa shape index (κ2) is 8.70. The normalized spacial score (nSPS) is 14.4. The SMILES string of the molecule is C=C(C)C(O)CCC(C)=CCCC(C)=CC(=O)O. The molecule has 102 valence electrons. The van der Waals surface area contributed by atoms with Crippen LogP contribution in [0.15, 0.2) is 35.5 Å². The Hall–Kier alpha value is -1.35. The largest absolute Gasteiger partial charge is 0.478 e. The lowest BCUT2D eigenvalue weighted by Crippen LogP contribution is -2.06. The molecule has 0 spiro atoms. The zero-order valence-corrected chi connectivity index (χ0v) is 11.6. The van der Waals surface area contributed by atoms with Gasteiger partial charge in [0.1, 0.15) is 0 Å². The van der Waals surface area contributed by atoms with Gasteiger partial charge in [0.05, 0.1) is 6.10 Å². The van der Waals surface area contributed by atoms with Crippen molar-refractivity contribution in [2.45, 2.75) is 52.6 Å². The molecule has 0 aromatic rings. The highest BCUT2D eigenvalue weighted by Gasteiger charge is 2.04. The maximum Gasteiger partial charge on any atom is 0.328 e. The van der Waals surface area contributed by atoms with Crippen LogP contribution >= 0.6 is 0 Å². The second-order valence-electron chi connectivity index (χ2n) is 4.82. The van der Waals surface area contributed by atoms with Gasteiger partial charge in [-0.05, 0) is 46.5 Å². The standard InChI is InChI=1S/C15H24O3/c1-11(2)14(16)9-8-12(3)6-5-7-13(4)10-15(17)18/h6,10,14,16H,1,5,7-9H2,2-4H3,(H,17,18). The Labute approximate surface area is 110 Å². The van der Waals surface area contributed by atoms with E-state index in [2.05, 4.69) is 12.7 Å². The molecule has 0 aliphatic heterocycles. The lowest BCUT2D eigenvalue weighted by molar-refractivity contribution is -0.131. The van der Waals surface area contributed by atoms with Crippen molar-refractivity contribution in [3.63, 3.8) is 0 Å². The summed E-state index contributed by atoms with van der Waals surface area (Å²) in [5.41, 5.74) is 2.88. The molecule has 0 amide bonds. The molecule has 0 fully saturated rings. The highest BCUT2D eigenvalue weighted by atomic mass is 16.4. The molecule has 0 aliphatic rings. The van der Waals surface area contributed by atoms with E-state index < -0.39 is 12.1 Å². The third-order valence-electron chi connectivity index (χ3n) is 2.78. The maximum atomic E-state index is 10.4. The van der Waals surface area contributed by atoms with E-state index in [0.29, 0.717) is 6.42 Å². The van der Waals surface area contributed by atoms with Crippen LogP contribution in [0.4, 0.5) is 0 Å². The van der Waals surface area contributed by atoms with Gasteiger partial charge in [-0.1, -0.05) is 29.4 Å². The highest BCUT2D eigenvalue weighted by molar-refractivity contribution is 5.80. The number of allylic oxidation sites excluding steroid dienone is 3. The molecular weight excluding hydrogens is 228 g/mol. The molecular formula is C15H24O3. The first-order valence-corrected chi connectivity index (χ1v) is 6.22. The molecule has 1 unspecified atom stereocenters. The van der Waals surface area contributed by atoms with Crippen molar-refractivity contribution in [1.29, 1.82) is 0 Å². The Morgan fingerprint density at radius 3 is 2.33 bits per heavy atom. The number of hydrogen-bond donors (Lipinski definition) is 2. The molecule has 0 saturated heterocycles. The second-order valence-corrected chi connectivity index (χ2v) is 4.82. The number of carboxylic acid groups (broad SMARTS) is 1. The first-order chi connectivity index (χ1) is 8.32. The van der Waals surface area contributed by atoms with Crippen molar-refractivity contribution in [3.05, 3.63) is 35.5 Å². The van der Waals surface area contributed by atoms with E-state index in [0.717, 1.165) is 30.4 Å². The zero-order chi connectivity index (χ0) is 14.1. The Bertz CT molecular complexity index is 351. The molecule has 3 nitrogen and oxygen atoms in total. The summed E-state index contributed by atoms with van der Waals surface area (Å²) in [7, 11) is 0. The van der Waals surface area contributed by atoms with Crippen molar-refractivity contribution in [2.75, 3.05) is 0 Å². The first-order valence-electron chi connectivity index (χ1n) is 6.22. The summed E-state index contributed by atoms with van der Waals surface area (Å²) >= 11 is 0. The molecule has 0 heterocycles. The topological polar surface area (TPSA) is 57.5 Å². The Kier molecular flexibility index (Phi) is 8.05. The average molecular weight is 252 g/mol. The molecule has 0 bridgehead atoms. The summed E-state index contributed by atoms with van der Waals surface area (Å²) < 4.78 is 0. The van der Waals surface area contributed by atoms with E-state index in [-0.39, 0.29) is 0 Å². The Morgan fingerprint density at radius 1 is 1.22 bits per heavy atom. The van der Waals surface area contributed by atoms with Gasteiger partial charge in [-0.25, -0.2) is 4.79 Å². The van der Waals surface area contributed by atoms with E-state index in [9.17, 15) is 9.90 Å². The number of aliphatic hydroxyl groups is 1. The fraction of sp³-hybridized carbons (Fsp3) is 0.533. The van der Waals surface area contributed by atoms with Crippen LogP contribution in [0, 0.1) is 0 Å². The van der Waals surface area contributed by atoms with Gasteiger partial charge in [0.15, 0.2) is 0 Å². The highest BCUT2D eigenvalue weighted by Crippen LogP contribution is 2.13. The quantitative estimate of drug-likeness (QED) is 0.514. The molecule has 0 rings (SSSR count). The van der Waals surface area contributed by atoms with Gasteiger partial charge in [0.2, 0.25) is 0 Å². The van der Waals surface area contributed by atoms with Crippen molar-refractivity contribution < 1.29 is 15.0 Å². The third kappa shape index (κ3) is 8.76. The molecule has 3 heteroatoms. The van der Waals surface area contributed by atoms with Gasteiger partial charge in [-0.15, -0.1) is 0 Å². The number of aliphatic hydroxyl groups excluding tert-OH is 1. The maximum absolute atomic E-state index is 10.4. The van der Waals surface area contributed by atoms with Crippen LogP contribution in [0.2, 0.25) is 0 Å². The number of rotatable bonds is 8. The summed E-state index contributed by atoms with van der Waals surface area (Å²) in [4.78, 5) is 10.4. The van der Waals surface area contributed by atoms with E-state index in [1.54, 1.807) is 0 Å². The van der Waals surface area contributed by atoms with E-state index in [1.807, 2.05) is 20.8 Å². The predicted molar refractivity (Wildman–Crippen MR) is 74.4 cm³/mol. The van der Waals surface area contributed by atoms with Crippen molar-refractivity contribution in [1.82, 2.24) is 0 Å². The van der Waals surface area contributed by atoms with Crippen LogP contribution < -0.4 is 0 Å². The van der Waals surface area contributed by atoms with Gasteiger partial charge in [0, 0.05) is 6.08 Å². The number of carboxylic acids is 1. The van der Waals surface area contributed by atoms with E-state index in [4.69, 9.17) is 5.11 Å². The third-order valence-corrected chi connectivity index (χ3v) is 2.78. The van der Waals surface area contributed by atoms with E-state index >= 15 is 0 Å². The zero-order valence-electron chi connectivity index (χ0n) is 11.6. The first kappa shape index (κ1) is 16.6. The minimum absolute atomic E-state index is 0.429. The van der Waals surface area contributed by atoms with Crippen LogP contribution in [-0.2, 0) is 4.79 Å². The summed E-state index contributed by atoms with van der Waals surface area (Å²) in [6.07, 6.45) is 6.05. The number of aliphatic carboxylic acids is 1. The summed E-state index contributed by atoms with van der Waals surface area (Å²) in [6.45, 7) is 9.39. The molecule has 18 heavy (non-hydrogen) atoms. The van der Waals surface area contributed by atoms with Crippen molar-refractivity contribution >= 4 is 5.97 Å². The Balaban J connectivity index is 3.98. The summed E-state index contributed by atoms with van der Waals surface area (Å²) in [6, 6.07) is 0.